The summed E-state index contributed by atoms with van der Waals surface area (Å²) in [5.41, 5.74) is 2.98. The molecule has 0 saturated heterocycles. The van der Waals surface area contributed by atoms with Crippen molar-refractivity contribution in [3.63, 3.8) is 0 Å². The van der Waals surface area contributed by atoms with Gasteiger partial charge in [0, 0.05) is 6.07 Å². The van der Waals surface area contributed by atoms with Gasteiger partial charge >= 0.3 is 5.97 Å². The van der Waals surface area contributed by atoms with E-state index >= 15 is 0 Å². The van der Waals surface area contributed by atoms with Gasteiger partial charge in [-0.25, -0.2) is 9.48 Å². The molecule has 0 bridgehead atoms. The zero-order valence-corrected chi connectivity index (χ0v) is 15.6. The van der Waals surface area contributed by atoms with Gasteiger partial charge < -0.3 is 14.2 Å². The maximum atomic E-state index is 12.6. The van der Waals surface area contributed by atoms with Crippen LogP contribution in [0.15, 0.2) is 42.5 Å². The molecule has 138 valence electrons. The van der Waals surface area contributed by atoms with Crippen LogP contribution >= 0.6 is 11.6 Å². The normalized spacial score (nSPS) is 12.3. The van der Waals surface area contributed by atoms with Gasteiger partial charge in [0.25, 0.3) is 0 Å². The molecule has 4 rings (SSSR count). The minimum Gasteiger partial charge on any atom is -0.454 e. The maximum absolute atomic E-state index is 12.6. The number of aromatic nitrogens is 2. The highest BCUT2D eigenvalue weighted by molar-refractivity contribution is 6.32. The van der Waals surface area contributed by atoms with Crippen LogP contribution in [0.4, 0.5) is 0 Å². The summed E-state index contributed by atoms with van der Waals surface area (Å²) in [6, 6.07) is 13.0. The molecule has 0 unspecified atom stereocenters. The van der Waals surface area contributed by atoms with Gasteiger partial charge in [0.15, 0.2) is 11.5 Å². The van der Waals surface area contributed by atoms with E-state index in [0.29, 0.717) is 29.5 Å². The van der Waals surface area contributed by atoms with E-state index in [-0.39, 0.29) is 17.5 Å². The van der Waals surface area contributed by atoms with Crippen molar-refractivity contribution in [2.45, 2.75) is 20.4 Å². The van der Waals surface area contributed by atoms with Crippen molar-refractivity contribution in [3.8, 4) is 17.2 Å². The summed E-state index contributed by atoms with van der Waals surface area (Å²) in [7, 11) is 0. The molecule has 7 heteroatoms. The molecule has 0 atom stereocenters. The van der Waals surface area contributed by atoms with E-state index in [0.717, 1.165) is 5.56 Å². The number of ether oxygens (including phenoxy) is 3. The molecule has 2 aromatic carbocycles. The lowest BCUT2D eigenvalue weighted by Crippen LogP contribution is -2.10. The molecule has 0 amide bonds. The third-order valence-corrected chi connectivity index (χ3v) is 4.66. The van der Waals surface area contributed by atoms with Crippen LogP contribution < -0.4 is 14.2 Å². The SMILES string of the molecule is Cc1ccc(Cn2nc(C)c(C(=O)Oc3ccc4c(c3)OCO4)c2Cl)cc1. The minimum absolute atomic E-state index is 0.156. The van der Waals surface area contributed by atoms with E-state index in [1.807, 2.05) is 31.2 Å². The van der Waals surface area contributed by atoms with E-state index < -0.39 is 5.97 Å². The van der Waals surface area contributed by atoms with Crippen LogP contribution in [-0.2, 0) is 6.54 Å². The predicted octanol–water partition coefficient (Wildman–Crippen LogP) is 4.15. The number of nitrogens with zero attached hydrogens (tertiary/aromatic N) is 2. The van der Waals surface area contributed by atoms with E-state index in [9.17, 15) is 4.79 Å². The number of hydrogen-bond donors (Lipinski definition) is 0. The second kappa shape index (κ2) is 6.96. The van der Waals surface area contributed by atoms with Gasteiger partial charge in [-0.05, 0) is 31.5 Å². The van der Waals surface area contributed by atoms with Crippen molar-refractivity contribution in [1.29, 1.82) is 0 Å². The Morgan fingerprint density at radius 3 is 2.67 bits per heavy atom. The fraction of sp³-hybridized carbons (Fsp3) is 0.200. The number of fused-ring (bicyclic) bond motifs is 1. The first-order valence-electron chi connectivity index (χ1n) is 8.41. The van der Waals surface area contributed by atoms with Crippen molar-refractivity contribution < 1.29 is 19.0 Å². The van der Waals surface area contributed by atoms with Crippen LogP contribution in [0.1, 0.15) is 27.2 Å². The highest BCUT2D eigenvalue weighted by Gasteiger charge is 2.23. The van der Waals surface area contributed by atoms with Crippen LogP contribution in [0.2, 0.25) is 5.15 Å². The molecule has 6 nitrogen and oxygen atoms in total. The average Bonchev–Trinajstić information content (AvgIpc) is 3.21. The lowest BCUT2D eigenvalue weighted by atomic mass is 10.1. The molecular weight excluding hydrogens is 368 g/mol. The Morgan fingerprint density at radius 2 is 1.89 bits per heavy atom. The summed E-state index contributed by atoms with van der Waals surface area (Å²) >= 11 is 6.42. The first-order chi connectivity index (χ1) is 13.0. The molecule has 0 spiro atoms. The number of hydrogen-bond acceptors (Lipinski definition) is 5. The van der Waals surface area contributed by atoms with E-state index in [1.54, 1.807) is 29.8 Å². The quantitative estimate of drug-likeness (QED) is 0.499. The van der Waals surface area contributed by atoms with Crippen LogP contribution in [0, 0.1) is 13.8 Å². The van der Waals surface area contributed by atoms with Gasteiger partial charge in [0.1, 0.15) is 16.5 Å². The van der Waals surface area contributed by atoms with Crippen molar-refractivity contribution in [3.05, 3.63) is 70.0 Å². The number of esters is 1. The monoisotopic (exact) mass is 384 g/mol. The Bertz CT molecular complexity index is 1010. The van der Waals surface area contributed by atoms with Crippen LogP contribution in [-0.4, -0.2) is 22.5 Å². The Balaban J connectivity index is 1.55. The molecule has 0 N–H and O–H groups in total. The smallest absolute Gasteiger partial charge is 0.348 e. The average molecular weight is 385 g/mol. The summed E-state index contributed by atoms with van der Waals surface area (Å²) in [6.07, 6.45) is 0. The van der Waals surface area contributed by atoms with Gasteiger partial charge in [0.2, 0.25) is 6.79 Å². The number of halogens is 1. The number of carbonyl (C=O) groups is 1. The summed E-state index contributed by atoms with van der Waals surface area (Å²) in [5.74, 6) is 0.950. The first kappa shape index (κ1) is 17.4. The molecule has 1 aliphatic rings. The van der Waals surface area contributed by atoms with Crippen molar-refractivity contribution in [2.75, 3.05) is 6.79 Å². The molecule has 0 fully saturated rings. The summed E-state index contributed by atoms with van der Waals surface area (Å²) in [5, 5.41) is 4.64. The Morgan fingerprint density at radius 1 is 1.15 bits per heavy atom. The zero-order valence-electron chi connectivity index (χ0n) is 14.9. The van der Waals surface area contributed by atoms with Crippen LogP contribution in [0.3, 0.4) is 0 Å². The molecule has 1 aromatic heterocycles. The van der Waals surface area contributed by atoms with Gasteiger partial charge in [-0.2, -0.15) is 5.10 Å². The van der Waals surface area contributed by atoms with Gasteiger partial charge in [0.05, 0.1) is 12.2 Å². The van der Waals surface area contributed by atoms with Gasteiger partial charge in [-0.15, -0.1) is 0 Å². The van der Waals surface area contributed by atoms with E-state index in [1.165, 1.54) is 5.56 Å². The van der Waals surface area contributed by atoms with Crippen molar-refractivity contribution >= 4 is 17.6 Å². The maximum Gasteiger partial charge on any atom is 0.348 e. The lowest BCUT2D eigenvalue weighted by Gasteiger charge is -2.06. The van der Waals surface area contributed by atoms with Crippen LogP contribution in [0.5, 0.6) is 17.2 Å². The zero-order chi connectivity index (χ0) is 19.0. The number of aryl methyl sites for hydroxylation is 2. The standard InChI is InChI=1S/C20H17ClN2O4/c1-12-3-5-14(6-4-12)10-23-19(21)18(13(2)22-23)20(24)27-15-7-8-16-17(9-15)26-11-25-16/h3-9H,10-11H2,1-2H3. The fourth-order valence-electron chi connectivity index (χ4n) is 2.85. The highest BCUT2D eigenvalue weighted by Crippen LogP contribution is 2.35. The van der Waals surface area contributed by atoms with E-state index in [4.69, 9.17) is 25.8 Å². The minimum atomic E-state index is -0.563. The largest absolute Gasteiger partial charge is 0.454 e. The predicted molar refractivity (Wildman–Crippen MR) is 99.8 cm³/mol. The van der Waals surface area contributed by atoms with Gasteiger partial charge in [-0.3, -0.25) is 0 Å². The topological polar surface area (TPSA) is 62.6 Å². The fourth-order valence-corrected chi connectivity index (χ4v) is 3.17. The third kappa shape index (κ3) is 3.48. The van der Waals surface area contributed by atoms with Gasteiger partial charge in [-0.1, -0.05) is 41.4 Å². The van der Waals surface area contributed by atoms with Crippen LogP contribution in [0.25, 0.3) is 0 Å². The molecule has 0 saturated carbocycles. The molecular formula is C20H17ClN2O4. The lowest BCUT2D eigenvalue weighted by molar-refractivity contribution is 0.0734. The van der Waals surface area contributed by atoms with Crippen molar-refractivity contribution in [1.82, 2.24) is 9.78 Å². The Labute approximate surface area is 161 Å². The molecule has 2 heterocycles. The molecule has 3 aromatic rings. The summed E-state index contributed by atoms with van der Waals surface area (Å²) < 4.78 is 17.6. The molecule has 27 heavy (non-hydrogen) atoms. The third-order valence-electron chi connectivity index (χ3n) is 4.28. The Hall–Kier alpha value is -2.99. The highest BCUT2D eigenvalue weighted by atomic mass is 35.5. The van der Waals surface area contributed by atoms with E-state index in [2.05, 4.69) is 5.10 Å². The molecule has 0 radical (unpaired) electrons. The number of benzene rings is 2. The summed E-state index contributed by atoms with van der Waals surface area (Å²) in [4.78, 5) is 12.6. The molecule has 1 aliphatic heterocycles. The second-order valence-corrected chi connectivity index (χ2v) is 6.66. The first-order valence-corrected chi connectivity index (χ1v) is 8.79. The van der Waals surface area contributed by atoms with Crippen molar-refractivity contribution in [2.24, 2.45) is 0 Å². The number of rotatable bonds is 4. The molecule has 0 aliphatic carbocycles. The second-order valence-electron chi connectivity index (χ2n) is 6.30. The summed E-state index contributed by atoms with van der Waals surface area (Å²) in [6.45, 7) is 4.38. The Kier molecular flexibility index (Phi) is 4.49. The number of carbonyl (C=O) groups excluding carboxylic acids is 1.